The van der Waals surface area contributed by atoms with Gasteiger partial charge >= 0.3 is 0 Å². The fraction of sp³-hybridized carbons (Fsp3) is 0.400. The summed E-state index contributed by atoms with van der Waals surface area (Å²) >= 11 is 0. The number of hydrogen-bond donors (Lipinski definition) is 0. The maximum atomic E-state index is 14.3. The number of rotatable bonds is 4. The molecule has 35 heavy (non-hydrogen) atoms. The fourth-order valence-corrected chi connectivity index (χ4v) is 4.63. The van der Waals surface area contributed by atoms with Gasteiger partial charge in [0, 0.05) is 50.0 Å². The third-order valence-corrected chi connectivity index (χ3v) is 6.50. The number of ether oxygens (including phenoxy) is 1. The van der Waals surface area contributed by atoms with Gasteiger partial charge in [0.2, 0.25) is 5.95 Å². The summed E-state index contributed by atoms with van der Waals surface area (Å²) in [7, 11) is 0. The van der Waals surface area contributed by atoms with E-state index in [-0.39, 0.29) is 17.9 Å². The summed E-state index contributed by atoms with van der Waals surface area (Å²) in [5.41, 5.74) is 0.976. The number of benzene rings is 1. The highest BCUT2D eigenvalue weighted by Gasteiger charge is 2.29. The Labute approximate surface area is 202 Å². The van der Waals surface area contributed by atoms with E-state index in [9.17, 15) is 13.2 Å². The Hall–Kier alpha value is -3.40. The van der Waals surface area contributed by atoms with Gasteiger partial charge in [-0.05, 0) is 44.2 Å². The maximum Gasteiger partial charge on any atom is 0.228 e. The van der Waals surface area contributed by atoms with Gasteiger partial charge in [0.15, 0.2) is 23.3 Å². The molecular formula is C25H27F3N6O. The van der Waals surface area contributed by atoms with Crippen molar-refractivity contribution >= 4 is 17.6 Å². The van der Waals surface area contributed by atoms with Crippen LogP contribution in [-0.4, -0.2) is 66.4 Å². The zero-order chi connectivity index (χ0) is 24.5. The van der Waals surface area contributed by atoms with Gasteiger partial charge < -0.3 is 19.4 Å². The topological polar surface area (TPSA) is 57.6 Å². The predicted molar refractivity (Wildman–Crippen MR) is 128 cm³/mol. The van der Waals surface area contributed by atoms with Gasteiger partial charge in [0.1, 0.15) is 5.82 Å². The Balaban J connectivity index is 1.49. The van der Waals surface area contributed by atoms with Crippen LogP contribution < -0.4 is 14.7 Å². The lowest BCUT2D eigenvalue weighted by Gasteiger charge is -2.41. The second-order valence-electron chi connectivity index (χ2n) is 8.95. The Kier molecular flexibility index (Phi) is 6.46. The number of anilines is 3. The van der Waals surface area contributed by atoms with E-state index < -0.39 is 11.6 Å². The number of pyridine rings is 1. The Morgan fingerprint density at radius 1 is 0.886 bits per heavy atom. The highest BCUT2D eigenvalue weighted by Crippen LogP contribution is 2.30. The molecule has 0 amide bonds. The number of hydrogen-bond acceptors (Lipinski definition) is 7. The van der Waals surface area contributed by atoms with E-state index in [1.54, 1.807) is 18.3 Å². The first kappa shape index (κ1) is 23.3. The largest absolute Gasteiger partial charge is 0.377 e. The van der Waals surface area contributed by atoms with Crippen LogP contribution in [0.3, 0.4) is 0 Å². The van der Waals surface area contributed by atoms with Crippen LogP contribution in [0.2, 0.25) is 0 Å². The van der Waals surface area contributed by atoms with Crippen molar-refractivity contribution < 1.29 is 17.9 Å². The molecule has 1 aromatic carbocycles. The van der Waals surface area contributed by atoms with E-state index >= 15 is 0 Å². The molecule has 4 heterocycles. The average Bonchev–Trinajstić information content (AvgIpc) is 2.86. The number of halogens is 3. The van der Waals surface area contributed by atoms with Crippen LogP contribution in [0.15, 0.2) is 42.6 Å². The van der Waals surface area contributed by atoms with E-state index in [0.717, 1.165) is 12.1 Å². The van der Waals surface area contributed by atoms with Crippen molar-refractivity contribution in [3.8, 4) is 11.3 Å². The summed E-state index contributed by atoms with van der Waals surface area (Å²) in [6, 6.07) is 8.62. The number of morpholine rings is 1. The molecule has 7 nitrogen and oxygen atoms in total. The van der Waals surface area contributed by atoms with E-state index in [0.29, 0.717) is 68.2 Å². The minimum absolute atomic E-state index is 0.00665. The highest BCUT2D eigenvalue weighted by molar-refractivity contribution is 5.66. The molecule has 0 spiro atoms. The molecule has 2 fully saturated rings. The first-order chi connectivity index (χ1) is 16.9. The minimum atomic E-state index is -0.927. The van der Waals surface area contributed by atoms with Gasteiger partial charge in [-0.25, -0.2) is 23.1 Å². The van der Waals surface area contributed by atoms with Crippen LogP contribution >= 0.6 is 0 Å². The second-order valence-corrected chi connectivity index (χ2v) is 8.95. The van der Waals surface area contributed by atoms with Gasteiger partial charge in [-0.3, -0.25) is 0 Å². The van der Waals surface area contributed by atoms with Gasteiger partial charge in [-0.2, -0.15) is 4.98 Å². The smallest absolute Gasteiger partial charge is 0.228 e. The third kappa shape index (κ3) is 4.75. The molecule has 2 aliphatic rings. The lowest BCUT2D eigenvalue weighted by Crippen LogP contribution is -2.53. The second kappa shape index (κ2) is 9.69. The van der Waals surface area contributed by atoms with Gasteiger partial charge in [-0.15, -0.1) is 0 Å². The fourth-order valence-electron chi connectivity index (χ4n) is 4.63. The van der Waals surface area contributed by atoms with Crippen LogP contribution in [-0.2, 0) is 4.74 Å². The van der Waals surface area contributed by atoms with Gasteiger partial charge in [-0.1, -0.05) is 0 Å². The van der Waals surface area contributed by atoms with Crippen LogP contribution in [0, 0.1) is 17.5 Å². The van der Waals surface area contributed by atoms with Gasteiger partial charge in [0.05, 0.1) is 24.9 Å². The molecule has 0 N–H and O–H groups in total. The normalized spacial score (nSPS) is 20.9. The van der Waals surface area contributed by atoms with Gasteiger partial charge in [0.25, 0.3) is 0 Å². The van der Waals surface area contributed by atoms with Crippen molar-refractivity contribution in [1.82, 2.24) is 15.0 Å². The standard InChI is InChI=1S/C25H27F3N6O/c1-16-14-32(24-20(27)4-3-7-29-24)8-9-33(16)23-13-22(18-5-6-19(26)21(28)12-18)30-25(31-23)34-10-11-35-15-17(34)2/h3-7,12-13,16-17H,8-11,14-15H2,1-2H3/t16-,17+/m1/s1. The molecular weight excluding hydrogens is 457 g/mol. The van der Waals surface area contributed by atoms with Crippen LogP contribution in [0.25, 0.3) is 11.3 Å². The maximum absolute atomic E-state index is 14.3. The molecule has 0 saturated carbocycles. The van der Waals surface area contributed by atoms with Crippen LogP contribution in [0.4, 0.5) is 30.8 Å². The molecule has 5 rings (SSSR count). The summed E-state index contributed by atoms with van der Waals surface area (Å²) in [5, 5.41) is 0. The van der Waals surface area contributed by atoms with Crippen molar-refractivity contribution in [2.75, 3.05) is 54.1 Å². The average molecular weight is 485 g/mol. The molecule has 2 aromatic heterocycles. The summed E-state index contributed by atoms with van der Waals surface area (Å²) in [6.45, 7) is 7.53. The summed E-state index contributed by atoms with van der Waals surface area (Å²) in [5.74, 6) is -0.642. The monoisotopic (exact) mass is 484 g/mol. The molecule has 2 atom stereocenters. The number of nitrogens with zero attached hydrogens (tertiary/aromatic N) is 6. The lowest BCUT2D eigenvalue weighted by atomic mass is 10.1. The molecule has 0 bridgehead atoms. The molecule has 2 saturated heterocycles. The molecule has 2 aliphatic heterocycles. The van der Waals surface area contributed by atoms with Crippen molar-refractivity contribution in [3.63, 3.8) is 0 Å². The van der Waals surface area contributed by atoms with E-state index in [1.807, 2.05) is 18.7 Å². The highest BCUT2D eigenvalue weighted by atomic mass is 19.2. The molecule has 3 aromatic rings. The van der Waals surface area contributed by atoms with Crippen molar-refractivity contribution in [2.24, 2.45) is 0 Å². The SMILES string of the molecule is C[C@@H]1CN(c2ncccc2F)CCN1c1cc(-c2ccc(F)c(F)c2)nc(N2CCOC[C@@H]2C)n1. The Morgan fingerprint density at radius 3 is 2.49 bits per heavy atom. The number of aromatic nitrogens is 3. The number of piperazine rings is 1. The first-order valence-electron chi connectivity index (χ1n) is 11.7. The summed E-state index contributed by atoms with van der Waals surface area (Å²) in [6.07, 6.45) is 1.59. The van der Waals surface area contributed by atoms with Crippen molar-refractivity contribution in [3.05, 3.63) is 60.0 Å². The van der Waals surface area contributed by atoms with E-state index in [4.69, 9.17) is 14.7 Å². The molecule has 184 valence electrons. The first-order valence-corrected chi connectivity index (χ1v) is 11.7. The van der Waals surface area contributed by atoms with Crippen molar-refractivity contribution in [1.29, 1.82) is 0 Å². The van der Waals surface area contributed by atoms with E-state index in [2.05, 4.69) is 14.8 Å². The van der Waals surface area contributed by atoms with E-state index in [1.165, 1.54) is 12.1 Å². The molecule has 0 unspecified atom stereocenters. The lowest BCUT2D eigenvalue weighted by molar-refractivity contribution is 0.0981. The minimum Gasteiger partial charge on any atom is -0.377 e. The zero-order valence-electron chi connectivity index (χ0n) is 19.7. The Morgan fingerprint density at radius 2 is 1.74 bits per heavy atom. The molecule has 0 aliphatic carbocycles. The van der Waals surface area contributed by atoms with Crippen LogP contribution in [0.1, 0.15) is 13.8 Å². The third-order valence-electron chi connectivity index (χ3n) is 6.50. The molecule has 0 radical (unpaired) electrons. The summed E-state index contributed by atoms with van der Waals surface area (Å²) < 4.78 is 47.5. The zero-order valence-corrected chi connectivity index (χ0v) is 19.7. The Bertz CT molecular complexity index is 1210. The predicted octanol–water partition coefficient (Wildman–Crippen LogP) is 3.90. The molecule has 10 heteroatoms. The quantitative estimate of drug-likeness (QED) is 0.557. The van der Waals surface area contributed by atoms with Crippen molar-refractivity contribution in [2.45, 2.75) is 25.9 Å². The summed E-state index contributed by atoms with van der Waals surface area (Å²) in [4.78, 5) is 19.9. The van der Waals surface area contributed by atoms with Crippen LogP contribution in [0.5, 0.6) is 0 Å².